The lowest BCUT2D eigenvalue weighted by atomic mass is 9.95. The van der Waals surface area contributed by atoms with Crippen LogP contribution in [0.25, 0.3) is 0 Å². The number of hydrogen-bond acceptors (Lipinski definition) is 2. The lowest BCUT2D eigenvalue weighted by molar-refractivity contribution is -0.192. The van der Waals surface area contributed by atoms with E-state index in [4.69, 9.17) is 5.73 Å². The number of nitrogens with two attached hydrogens (primary N) is 1. The normalized spacial score (nSPS) is 25.8. The van der Waals surface area contributed by atoms with Crippen molar-refractivity contribution >= 4 is 5.91 Å². The Morgan fingerprint density at radius 1 is 1.29 bits per heavy atom. The third-order valence-corrected chi connectivity index (χ3v) is 3.97. The Kier molecular flexibility index (Phi) is 3.10. The van der Waals surface area contributed by atoms with E-state index in [2.05, 4.69) is 0 Å². The van der Waals surface area contributed by atoms with E-state index in [0.29, 0.717) is 25.9 Å². The van der Waals surface area contributed by atoms with Crippen LogP contribution < -0.4 is 5.73 Å². The zero-order valence-electron chi connectivity index (χ0n) is 9.59. The number of halogens is 3. The van der Waals surface area contributed by atoms with Crippen molar-refractivity contribution in [1.29, 1.82) is 0 Å². The topological polar surface area (TPSA) is 46.3 Å². The van der Waals surface area contributed by atoms with Crippen LogP contribution in [0, 0.1) is 11.3 Å². The summed E-state index contributed by atoms with van der Waals surface area (Å²) in [6.45, 7) is 1.18. The number of primary amides is 1. The molecule has 2 N–H and O–H groups in total. The predicted molar refractivity (Wildman–Crippen MR) is 56.1 cm³/mol. The van der Waals surface area contributed by atoms with E-state index in [1.807, 2.05) is 4.90 Å². The molecule has 0 aromatic carbocycles. The number of carbonyl (C=O) groups is 1. The molecule has 0 bridgehead atoms. The number of hydrogen-bond donors (Lipinski definition) is 1. The first-order chi connectivity index (χ1) is 7.84. The third-order valence-electron chi connectivity index (χ3n) is 3.97. The van der Waals surface area contributed by atoms with Crippen LogP contribution in [0.3, 0.4) is 0 Å². The molecule has 1 aliphatic heterocycles. The molecule has 0 unspecified atom stereocenters. The molecular weight excluding hydrogens is 233 g/mol. The van der Waals surface area contributed by atoms with Gasteiger partial charge in [-0.1, -0.05) is 0 Å². The van der Waals surface area contributed by atoms with Gasteiger partial charge in [0.2, 0.25) is 5.91 Å². The van der Waals surface area contributed by atoms with Gasteiger partial charge >= 0.3 is 6.18 Å². The average Bonchev–Trinajstić information content (AvgIpc) is 2.98. The summed E-state index contributed by atoms with van der Waals surface area (Å²) in [5.41, 5.74) is 3.72. The Labute approximate surface area is 98.1 Å². The van der Waals surface area contributed by atoms with Gasteiger partial charge in [-0.05, 0) is 38.8 Å². The summed E-state index contributed by atoms with van der Waals surface area (Å²) in [6, 6.07) is 0. The standard InChI is InChI=1S/C11H17F3N2O/c12-11(13,14)10(3-4-10)7-16-5-1-8(2-6-16)9(15)17/h8H,1-7H2,(H2,15,17). The Balaban J connectivity index is 1.85. The maximum Gasteiger partial charge on any atom is 0.395 e. The molecule has 3 nitrogen and oxygen atoms in total. The van der Waals surface area contributed by atoms with Crippen molar-refractivity contribution in [3.63, 3.8) is 0 Å². The predicted octanol–water partition coefficient (Wildman–Crippen LogP) is 1.53. The van der Waals surface area contributed by atoms with Crippen molar-refractivity contribution in [2.45, 2.75) is 31.9 Å². The lowest BCUT2D eigenvalue weighted by Crippen LogP contribution is -2.44. The van der Waals surface area contributed by atoms with Crippen LogP contribution in [-0.4, -0.2) is 36.6 Å². The Hall–Kier alpha value is -0.780. The summed E-state index contributed by atoms with van der Waals surface area (Å²) in [6.07, 6.45) is -2.43. The molecule has 1 amide bonds. The van der Waals surface area contributed by atoms with Gasteiger partial charge in [0.05, 0.1) is 5.41 Å². The molecule has 17 heavy (non-hydrogen) atoms. The fourth-order valence-electron chi connectivity index (χ4n) is 2.49. The number of nitrogens with zero attached hydrogens (tertiary/aromatic N) is 1. The van der Waals surface area contributed by atoms with Gasteiger partial charge in [-0.2, -0.15) is 13.2 Å². The Morgan fingerprint density at radius 2 is 1.82 bits per heavy atom. The highest BCUT2D eigenvalue weighted by Gasteiger charge is 2.63. The van der Waals surface area contributed by atoms with Crippen molar-refractivity contribution in [2.24, 2.45) is 17.1 Å². The second-order valence-corrected chi connectivity index (χ2v) is 5.23. The van der Waals surface area contributed by atoms with Crippen molar-refractivity contribution in [3.8, 4) is 0 Å². The maximum absolute atomic E-state index is 12.8. The quantitative estimate of drug-likeness (QED) is 0.825. The van der Waals surface area contributed by atoms with Crippen molar-refractivity contribution < 1.29 is 18.0 Å². The van der Waals surface area contributed by atoms with Gasteiger partial charge in [0.1, 0.15) is 0 Å². The summed E-state index contributed by atoms with van der Waals surface area (Å²) < 4.78 is 38.3. The highest BCUT2D eigenvalue weighted by Crippen LogP contribution is 2.58. The van der Waals surface area contributed by atoms with E-state index in [0.717, 1.165) is 0 Å². The van der Waals surface area contributed by atoms with Gasteiger partial charge < -0.3 is 10.6 Å². The molecule has 0 aromatic rings. The number of likely N-dealkylation sites (tertiary alicyclic amines) is 1. The van der Waals surface area contributed by atoms with Gasteiger partial charge in [-0.3, -0.25) is 4.79 Å². The molecule has 0 radical (unpaired) electrons. The lowest BCUT2D eigenvalue weighted by Gasteiger charge is -2.34. The van der Waals surface area contributed by atoms with Gasteiger partial charge in [-0.15, -0.1) is 0 Å². The number of amides is 1. The molecule has 1 saturated heterocycles. The Morgan fingerprint density at radius 3 is 2.18 bits per heavy atom. The first kappa shape index (κ1) is 12.7. The second-order valence-electron chi connectivity index (χ2n) is 5.23. The minimum absolute atomic E-state index is 0.0853. The molecule has 2 aliphatic rings. The van der Waals surface area contributed by atoms with E-state index >= 15 is 0 Å². The average molecular weight is 250 g/mol. The minimum Gasteiger partial charge on any atom is -0.369 e. The number of piperidine rings is 1. The summed E-state index contributed by atoms with van der Waals surface area (Å²) >= 11 is 0. The molecule has 1 saturated carbocycles. The molecule has 1 heterocycles. The summed E-state index contributed by atoms with van der Waals surface area (Å²) in [5.74, 6) is -0.492. The molecule has 0 aromatic heterocycles. The highest BCUT2D eigenvalue weighted by molar-refractivity contribution is 5.76. The Bertz CT molecular complexity index is 304. The number of carbonyl (C=O) groups excluding carboxylic acids is 1. The molecule has 98 valence electrons. The highest BCUT2D eigenvalue weighted by atomic mass is 19.4. The molecule has 2 fully saturated rings. The maximum atomic E-state index is 12.8. The first-order valence-electron chi connectivity index (χ1n) is 5.92. The molecule has 6 heteroatoms. The summed E-state index contributed by atoms with van der Waals surface area (Å²) in [7, 11) is 0. The second kappa shape index (κ2) is 4.15. The SMILES string of the molecule is NC(=O)C1CCN(CC2(C(F)(F)F)CC2)CC1. The van der Waals surface area contributed by atoms with E-state index < -0.39 is 11.6 Å². The largest absolute Gasteiger partial charge is 0.395 e. The zero-order chi connectivity index (χ0) is 12.7. The molecule has 1 aliphatic carbocycles. The van der Waals surface area contributed by atoms with Crippen molar-refractivity contribution in [3.05, 3.63) is 0 Å². The monoisotopic (exact) mass is 250 g/mol. The number of alkyl halides is 3. The molecule has 0 spiro atoms. The number of rotatable bonds is 3. The van der Waals surface area contributed by atoms with E-state index in [1.54, 1.807) is 0 Å². The van der Waals surface area contributed by atoms with Crippen LogP contribution in [-0.2, 0) is 4.79 Å². The third kappa shape index (κ3) is 2.56. The van der Waals surface area contributed by atoms with Crippen LogP contribution in [0.15, 0.2) is 0 Å². The van der Waals surface area contributed by atoms with Gasteiger partial charge in [0, 0.05) is 12.5 Å². The van der Waals surface area contributed by atoms with Gasteiger partial charge in [0.15, 0.2) is 0 Å². The summed E-state index contributed by atoms with van der Waals surface area (Å²) in [5, 5.41) is 0. The fourth-order valence-corrected chi connectivity index (χ4v) is 2.49. The van der Waals surface area contributed by atoms with E-state index in [1.165, 1.54) is 0 Å². The van der Waals surface area contributed by atoms with Gasteiger partial charge in [0.25, 0.3) is 0 Å². The first-order valence-corrected chi connectivity index (χ1v) is 5.92. The van der Waals surface area contributed by atoms with Crippen LogP contribution in [0.4, 0.5) is 13.2 Å². The molecular formula is C11H17F3N2O. The van der Waals surface area contributed by atoms with Crippen molar-refractivity contribution in [2.75, 3.05) is 19.6 Å². The van der Waals surface area contributed by atoms with E-state index in [9.17, 15) is 18.0 Å². The molecule has 0 atom stereocenters. The van der Waals surface area contributed by atoms with E-state index in [-0.39, 0.29) is 31.2 Å². The van der Waals surface area contributed by atoms with Crippen molar-refractivity contribution in [1.82, 2.24) is 4.90 Å². The van der Waals surface area contributed by atoms with Gasteiger partial charge in [-0.25, -0.2) is 0 Å². The fraction of sp³-hybridized carbons (Fsp3) is 0.909. The van der Waals surface area contributed by atoms with Crippen LogP contribution in [0.1, 0.15) is 25.7 Å². The van der Waals surface area contributed by atoms with Crippen LogP contribution in [0.2, 0.25) is 0 Å². The summed E-state index contributed by atoms with van der Waals surface area (Å²) in [4.78, 5) is 12.8. The minimum atomic E-state index is -4.09. The zero-order valence-corrected chi connectivity index (χ0v) is 9.59. The van der Waals surface area contributed by atoms with Crippen LogP contribution >= 0.6 is 0 Å². The molecule has 2 rings (SSSR count). The smallest absolute Gasteiger partial charge is 0.369 e. The van der Waals surface area contributed by atoms with Crippen LogP contribution in [0.5, 0.6) is 0 Å².